The summed E-state index contributed by atoms with van der Waals surface area (Å²) in [7, 11) is 0. The molecule has 24 heavy (non-hydrogen) atoms. The van der Waals surface area contributed by atoms with Gasteiger partial charge in [-0.3, -0.25) is 0 Å². The number of benzene rings is 1. The second-order valence-corrected chi connectivity index (χ2v) is 6.14. The van der Waals surface area contributed by atoms with Crippen molar-refractivity contribution >= 4 is 22.8 Å². The predicted molar refractivity (Wildman–Crippen MR) is 92.1 cm³/mol. The van der Waals surface area contributed by atoms with Crippen LogP contribution in [0.1, 0.15) is 18.5 Å². The Balaban J connectivity index is 1.91. The summed E-state index contributed by atoms with van der Waals surface area (Å²) in [4.78, 5) is 26.1. The lowest BCUT2D eigenvalue weighted by atomic mass is 10.2. The highest BCUT2D eigenvalue weighted by Gasteiger charge is 2.33. The molecule has 0 aliphatic carbocycles. The van der Waals surface area contributed by atoms with E-state index >= 15 is 0 Å². The van der Waals surface area contributed by atoms with Gasteiger partial charge in [0.05, 0.1) is 5.39 Å². The number of aromatic amines is 1. The van der Waals surface area contributed by atoms with Crippen LogP contribution in [0.25, 0.3) is 22.4 Å². The Morgan fingerprint density at radius 3 is 2.83 bits per heavy atom. The van der Waals surface area contributed by atoms with Gasteiger partial charge >= 0.3 is 5.97 Å². The molecule has 0 bridgehead atoms. The second kappa shape index (κ2) is 5.63. The third-order valence-corrected chi connectivity index (χ3v) is 4.44. The molecule has 1 aliphatic rings. The van der Waals surface area contributed by atoms with Gasteiger partial charge in [-0.15, -0.1) is 0 Å². The van der Waals surface area contributed by atoms with Crippen LogP contribution in [0.5, 0.6) is 0 Å². The van der Waals surface area contributed by atoms with Gasteiger partial charge in [-0.2, -0.15) is 0 Å². The lowest BCUT2D eigenvalue weighted by Gasteiger charge is -2.23. The fraction of sp³-hybridized carbons (Fsp3) is 0.278. The zero-order valence-electron chi connectivity index (χ0n) is 13.4. The molecule has 1 fully saturated rings. The van der Waals surface area contributed by atoms with Gasteiger partial charge in [-0.25, -0.2) is 14.8 Å². The van der Waals surface area contributed by atoms with E-state index in [0.29, 0.717) is 24.6 Å². The first kappa shape index (κ1) is 14.7. The smallest absolute Gasteiger partial charge is 0.326 e. The Morgan fingerprint density at radius 2 is 2.08 bits per heavy atom. The van der Waals surface area contributed by atoms with E-state index < -0.39 is 12.0 Å². The molecule has 0 saturated carbocycles. The van der Waals surface area contributed by atoms with Gasteiger partial charge in [0, 0.05) is 17.8 Å². The number of hydrogen-bond donors (Lipinski definition) is 2. The predicted octanol–water partition coefficient (Wildman–Crippen LogP) is 2.99. The summed E-state index contributed by atoms with van der Waals surface area (Å²) in [6.07, 6.45) is 1.50. The first-order valence-corrected chi connectivity index (χ1v) is 8.06. The monoisotopic (exact) mass is 322 g/mol. The normalized spacial score (nSPS) is 17.5. The number of carbonyl (C=O) groups is 1. The van der Waals surface area contributed by atoms with Gasteiger partial charge in [-0.1, -0.05) is 30.3 Å². The number of hydrogen-bond acceptors (Lipinski definition) is 4. The third-order valence-electron chi connectivity index (χ3n) is 4.44. The minimum Gasteiger partial charge on any atom is -0.480 e. The maximum absolute atomic E-state index is 11.6. The van der Waals surface area contributed by atoms with E-state index in [0.717, 1.165) is 28.7 Å². The van der Waals surface area contributed by atoms with Crippen molar-refractivity contribution in [2.45, 2.75) is 25.8 Å². The first-order chi connectivity index (χ1) is 11.6. The number of carboxylic acid groups (broad SMARTS) is 1. The average Bonchev–Trinajstić information content (AvgIpc) is 3.20. The standard InChI is InChI=1S/C18H18N4O2/c1-11-10-13-16(19-11)20-15(12-6-3-2-4-7-12)21-17(13)22-9-5-8-14(22)18(23)24/h2-4,6-7,10,14H,5,8-9H2,1H3,(H,23,24)(H,19,20,21)/t14-/m0/s1. The number of aromatic nitrogens is 3. The fourth-order valence-corrected chi connectivity index (χ4v) is 3.34. The number of carboxylic acids is 1. The number of aliphatic carboxylic acids is 1. The van der Waals surface area contributed by atoms with Crippen molar-refractivity contribution in [3.63, 3.8) is 0 Å². The molecule has 0 amide bonds. The maximum atomic E-state index is 11.6. The van der Waals surface area contributed by atoms with Crippen LogP contribution >= 0.6 is 0 Å². The maximum Gasteiger partial charge on any atom is 0.326 e. The SMILES string of the molecule is Cc1cc2c(N3CCC[C@H]3C(=O)O)nc(-c3ccccc3)nc2[nH]1. The van der Waals surface area contributed by atoms with Gasteiger partial charge in [0.25, 0.3) is 0 Å². The quantitative estimate of drug-likeness (QED) is 0.774. The van der Waals surface area contributed by atoms with E-state index in [1.165, 1.54) is 0 Å². The number of rotatable bonds is 3. The summed E-state index contributed by atoms with van der Waals surface area (Å²) < 4.78 is 0. The number of anilines is 1. The summed E-state index contributed by atoms with van der Waals surface area (Å²) in [6, 6.07) is 11.2. The van der Waals surface area contributed by atoms with Crippen LogP contribution in [0.15, 0.2) is 36.4 Å². The largest absolute Gasteiger partial charge is 0.480 e. The van der Waals surface area contributed by atoms with Gasteiger partial charge in [0.15, 0.2) is 5.82 Å². The Hall–Kier alpha value is -2.89. The first-order valence-electron chi connectivity index (χ1n) is 8.06. The molecule has 1 saturated heterocycles. The molecule has 0 unspecified atom stereocenters. The molecule has 2 N–H and O–H groups in total. The summed E-state index contributed by atoms with van der Waals surface area (Å²) >= 11 is 0. The van der Waals surface area contributed by atoms with Crippen LogP contribution in [-0.4, -0.2) is 38.6 Å². The van der Waals surface area contributed by atoms with Crippen LogP contribution in [0, 0.1) is 6.92 Å². The van der Waals surface area contributed by atoms with Gasteiger partial charge in [0.2, 0.25) is 0 Å². The summed E-state index contributed by atoms with van der Waals surface area (Å²) in [6.45, 7) is 2.66. The van der Waals surface area contributed by atoms with Crippen LogP contribution in [0.2, 0.25) is 0 Å². The van der Waals surface area contributed by atoms with E-state index in [9.17, 15) is 9.90 Å². The van der Waals surface area contributed by atoms with Gasteiger partial charge in [-0.05, 0) is 25.8 Å². The van der Waals surface area contributed by atoms with E-state index in [-0.39, 0.29) is 0 Å². The second-order valence-electron chi connectivity index (χ2n) is 6.14. The van der Waals surface area contributed by atoms with Crippen molar-refractivity contribution < 1.29 is 9.90 Å². The zero-order chi connectivity index (χ0) is 16.7. The molecule has 1 aliphatic heterocycles. The molecular formula is C18H18N4O2. The summed E-state index contributed by atoms with van der Waals surface area (Å²) in [5.74, 6) is 0.511. The molecule has 122 valence electrons. The fourth-order valence-electron chi connectivity index (χ4n) is 3.34. The Bertz CT molecular complexity index is 904. The average molecular weight is 322 g/mol. The lowest BCUT2D eigenvalue weighted by molar-refractivity contribution is -0.138. The topological polar surface area (TPSA) is 82.1 Å². The molecule has 0 radical (unpaired) electrons. The van der Waals surface area contributed by atoms with E-state index in [4.69, 9.17) is 4.98 Å². The van der Waals surface area contributed by atoms with Crippen molar-refractivity contribution in [1.82, 2.24) is 15.0 Å². The number of H-pyrrole nitrogens is 1. The summed E-state index contributed by atoms with van der Waals surface area (Å²) in [5.41, 5.74) is 2.64. The summed E-state index contributed by atoms with van der Waals surface area (Å²) in [5, 5.41) is 10.4. The number of fused-ring (bicyclic) bond motifs is 1. The molecular weight excluding hydrogens is 304 g/mol. The Morgan fingerprint density at radius 1 is 1.29 bits per heavy atom. The van der Waals surface area contributed by atoms with Crippen molar-refractivity contribution in [1.29, 1.82) is 0 Å². The van der Waals surface area contributed by atoms with Crippen molar-refractivity contribution in [2.24, 2.45) is 0 Å². The molecule has 1 aromatic carbocycles. The van der Waals surface area contributed by atoms with Crippen molar-refractivity contribution in [3.05, 3.63) is 42.1 Å². The molecule has 4 rings (SSSR count). The van der Waals surface area contributed by atoms with E-state index in [1.807, 2.05) is 48.2 Å². The van der Waals surface area contributed by atoms with E-state index in [2.05, 4.69) is 9.97 Å². The zero-order valence-corrected chi connectivity index (χ0v) is 13.4. The van der Waals surface area contributed by atoms with Crippen molar-refractivity contribution in [2.75, 3.05) is 11.4 Å². The van der Waals surface area contributed by atoms with Crippen LogP contribution in [-0.2, 0) is 4.79 Å². The Labute approximate surface area is 139 Å². The molecule has 6 nitrogen and oxygen atoms in total. The Kier molecular flexibility index (Phi) is 3.45. The molecule has 0 spiro atoms. The van der Waals surface area contributed by atoms with Crippen LogP contribution < -0.4 is 4.90 Å². The molecule has 3 heterocycles. The number of aryl methyl sites for hydroxylation is 1. The highest BCUT2D eigenvalue weighted by molar-refractivity contribution is 5.92. The number of nitrogens with zero attached hydrogens (tertiary/aromatic N) is 3. The van der Waals surface area contributed by atoms with Gasteiger partial charge in [0.1, 0.15) is 17.5 Å². The number of nitrogens with one attached hydrogen (secondary N) is 1. The molecule has 2 aromatic heterocycles. The lowest BCUT2D eigenvalue weighted by Crippen LogP contribution is -2.36. The minimum absolute atomic E-state index is 0.526. The molecule has 1 atom stereocenters. The van der Waals surface area contributed by atoms with Gasteiger partial charge < -0.3 is 15.0 Å². The van der Waals surface area contributed by atoms with E-state index in [1.54, 1.807) is 0 Å². The van der Waals surface area contributed by atoms with Crippen LogP contribution in [0.3, 0.4) is 0 Å². The third kappa shape index (κ3) is 2.40. The minimum atomic E-state index is -0.798. The van der Waals surface area contributed by atoms with Crippen LogP contribution in [0.4, 0.5) is 5.82 Å². The molecule has 3 aromatic rings. The molecule has 6 heteroatoms. The highest BCUT2D eigenvalue weighted by Crippen LogP contribution is 2.32. The van der Waals surface area contributed by atoms with Crippen molar-refractivity contribution in [3.8, 4) is 11.4 Å². The highest BCUT2D eigenvalue weighted by atomic mass is 16.4.